The predicted octanol–water partition coefficient (Wildman–Crippen LogP) is 4.75. The fraction of sp³-hybridized carbons (Fsp3) is 0.0588. The third-order valence-electron chi connectivity index (χ3n) is 3.52. The number of nitrogens with zero attached hydrogens (tertiary/aromatic N) is 2. The molecule has 0 bridgehead atoms. The smallest absolute Gasteiger partial charge is 0.141 e. The van der Waals surface area contributed by atoms with E-state index in [1.54, 1.807) is 18.2 Å². The number of nitrogens with one attached hydrogen (secondary N) is 1. The van der Waals surface area contributed by atoms with Crippen molar-refractivity contribution < 1.29 is 4.39 Å². The molecule has 3 aromatic rings. The molecule has 3 rings (SSSR count). The summed E-state index contributed by atoms with van der Waals surface area (Å²) in [6, 6.07) is 9.84. The molecular weight excluding hydrogens is 350 g/mol. The fourth-order valence-corrected chi connectivity index (χ4v) is 2.88. The number of pyridine rings is 1. The number of hydrogen-bond acceptors (Lipinski definition) is 4. The Labute approximate surface area is 147 Å². The van der Waals surface area contributed by atoms with Gasteiger partial charge in [-0.3, -0.25) is 4.98 Å². The largest absolute Gasteiger partial charge is 0.399 e. The SMILES string of the molecule is N#Cc1cnc2c(Cl)cc(N)cc2c1NCc1ccc(F)c(Cl)c1. The topological polar surface area (TPSA) is 74.7 Å². The van der Waals surface area contributed by atoms with E-state index >= 15 is 0 Å². The van der Waals surface area contributed by atoms with E-state index in [0.717, 1.165) is 5.56 Å². The van der Waals surface area contributed by atoms with E-state index in [9.17, 15) is 9.65 Å². The lowest BCUT2D eigenvalue weighted by molar-refractivity contribution is 0.627. The lowest BCUT2D eigenvalue weighted by Gasteiger charge is -2.13. The summed E-state index contributed by atoms with van der Waals surface area (Å²) in [4.78, 5) is 4.21. The van der Waals surface area contributed by atoms with Crippen LogP contribution >= 0.6 is 23.2 Å². The molecule has 0 aliphatic heterocycles. The summed E-state index contributed by atoms with van der Waals surface area (Å²) in [5, 5.41) is 13.6. The van der Waals surface area contributed by atoms with Crippen molar-refractivity contribution in [1.82, 2.24) is 4.98 Å². The van der Waals surface area contributed by atoms with Crippen LogP contribution in [0.1, 0.15) is 11.1 Å². The zero-order valence-corrected chi connectivity index (χ0v) is 13.8. The average Bonchev–Trinajstić information content (AvgIpc) is 2.55. The van der Waals surface area contributed by atoms with Gasteiger partial charge in [0.2, 0.25) is 0 Å². The third kappa shape index (κ3) is 3.07. The third-order valence-corrected chi connectivity index (χ3v) is 4.10. The van der Waals surface area contributed by atoms with Crippen LogP contribution in [0.2, 0.25) is 10.0 Å². The number of hydrogen-bond donors (Lipinski definition) is 2. The Morgan fingerprint density at radius 2 is 2.00 bits per heavy atom. The second kappa shape index (κ2) is 6.52. The lowest BCUT2D eigenvalue weighted by Crippen LogP contribution is -2.04. The Bertz CT molecular complexity index is 982. The van der Waals surface area contributed by atoms with Crippen LogP contribution in [0.15, 0.2) is 36.5 Å². The number of anilines is 2. The van der Waals surface area contributed by atoms with E-state index in [2.05, 4.69) is 16.4 Å². The van der Waals surface area contributed by atoms with Gasteiger partial charge in [0.15, 0.2) is 0 Å². The van der Waals surface area contributed by atoms with Crippen molar-refractivity contribution in [1.29, 1.82) is 5.26 Å². The molecule has 1 heterocycles. The summed E-state index contributed by atoms with van der Waals surface area (Å²) >= 11 is 12.0. The van der Waals surface area contributed by atoms with Crippen LogP contribution in [0.3, 0.4) is 0 Å². The maximum atomic E-state index is 13.2. The van der Waals surface area contributed by atoms with E-state index in [0.29, 0.717) is 39.4 Å². The molecule has 7 heteroatoms. The molecule has 0 amide bonds. The second-order valence-corrected chi connectivity index (χ2v) is 5.97. The van der Waals surface area contributed by atoms with E-state index in [1.807, 2.05) is 0 Å². The van der Waals surface area contributed by atoms with Gasteiger partial charge in [-0.1, -0.05) is 29.3 Å². The van der Waals surface area contributed by atoms with Gasteiger partial charge in [0.1, 0.15) is 11.9 Å². The number of halogens is 3. The van der Waals surface area contributed by atoms with Crippen molar-refractivity contribution in [3.05, 3.63) is 63.5 Å². The van der Waals surface area contributed by atoms with E-state index in [1.165, 1.54) is 18.3 Å². The van der Waals surface area contributed by atoms with Crippen LogP contribution in [0, 0.1) is 17.1 Å². The normalized spacial score (nSPS) is 10.6. The summed E-state index contributed by atoms with van der Waals surface area (Å²) in [6.45, 7) is 0.347. The van der Waals surface area contributed by atoms with Crippen molar-refractivity contribution in [2.75, 3.05) is 11.1 Å². The molecule has 120 valence electrons. The van der Waals surface area contributed by atoms with Crippen molar-refractivity contribution >= 4 is 45.5 Å². The molecule has 24 heavy (non-hydrogen) atoms. The molecule has 0 radical (unpaired) electrons. The van der Waals surface area contributed by atoms with Gasteiger partial charge in [-0.2, -0.15) is 5.26 Å². The maximum Gasteiger partial charge on any atom is 0.141 e. The number of aromatic nitrogens is 1. The monoisotopic (exact) mass is 360 g/mol. The molecule has 0 saturated heterocycles. The van der Waals surface area contributed by atoms with Gasteiger partial charge in [-0.15, -0.1) is 0 Å². The standard InChI is InChI=1S/C17H11Cl2FN4/c18-13-3-9(1-2-15(13)20)7-23-16-10(6-21)8-24-17-12(16)4-11(22)5-14(17)19/h1-5,8H,7,22H2,(H,23,24). The van der Waals surface area contributed by atoms with E-state index in [4.69, 9.17) is 28.9 Å². The first-order chi connectivity index (χ1) is 11.5. The predicted molar refractivity (Wildman–Crippen MR) is 94.6 cm³/mol. The van der Waals surface area contributed by atoms with Crippen LogP contribution in [-0.4, -0.2) is 4.98 Å². The fourth-order valence-electron chi connectivity index (χ4n) is 2.40. The molecule has 3 N–H and O–H groups in total. The Kier molecular flexibility index (Phi) is 4.43. The quantitative estimate of drug-likeness (QED) is 0.661. The molecule has 0 saturated carbocycles. The van der Waals surface area contributed by atoms with Crippen molar-refractivity contribution in [3.63, 3.8) is 0 Å². The summed E-state index contributed by atoms with van der Waals surface area (Å²) in [5.74, 6) is -0.480. The molecule has 0 aliphatic rings. The second-order valence-electron chi connectivity index (χ2n) is 5.16. The molecule has 0 spiro atoms. The first kappa shape index (κ1) is 16.3. The van der Waals surface area contributed by atoms with Crippen LogP contribution in [-0.2, 0) is 6.54 Å². The van der Waals surface area contributed by atoms with Gasteiger partial charge in [0.25, 0.3) is 0 Å². The number of fused-ring (bicyclic) bond motifs is 1. The van der Waals surface area contributed by atoms with Crippen LogP contribution in [0.25, 0.3) is 10.9 Å². The Morgan fingerprint density at radius 1 is 1.21 bits per heavy atom. The van der Waals surface area contributed by atoms with Gasteiger partial charge in [0.05, 0.1) is 26.8 Å². The minimum atomic E-state index is -0.480. The summed E-state index contributed by atoms with van der Waals surface area (Å²) < 4.78 is 13.2. The highest BCUT2D eigenvalue weighted by atomic mass is 35.5. The van der Waals surface area contributed by atoms with Crippen LogP contribution < -0.4 is 11.1 Å². The van der Waals surface area contributed by atoms with Gasteiger partial charge in [-0.05, 0) is 29.8 Å². The number of nitrogen functional groups attached to an aromatic ring is 1. The van der Waals surface area contributed by atoms with E-state index < -0.39 is 5.82 Å². The Balaban J connectivity index is 2.04. The minimum Gasteiger partial charge on any atom is -0.399 e. The first-order valence-electron chi connectivity index (χ1n) is 6.95. The van der Waals surface area contributed by atoms with Crippen molar-refractivity contribution in [3.8, 4) is 6.07 Å². The van der Waals surface area contributed by atoms with Crippen molar-refractivity contribution in [2.45, 2.75) is 6.54 Å². The lowest BCUT2D eigenvalue weighted by atomic mass is 10.1. The number of nitrogens with two attached hydrogens (primary N) is 1. The zero-order valence-electron chi connectivity index (χ0n) is 12.3. The Hall–Kier alpha value is -2.55. The number of rotatable bonds is 3. The molecule has 4 nitrogen and oxygen atoms in total. The van der Waals surface area contributed by atoms with Crippen molar-refractivity contribution in [2.24, 2.45) is 0 Å². The summed E-state index contributed by atoms with van der Waals surface area (Å²) in [6.07, 6.45) is 1.45. The van der Waals surface area contributed by atoms with Gasteiger partial charge < -0.3 is 11.1 Å². The van der Waals surface area contributed by atoms with Crippen LogP contribution in [0.5, 0.6) is 0 Å². The minimum absolute atomic E-state index is 0.0432. The molecule has 0 aliphatic carbocycles. The molecule has 1 aromatic heterocycles. The van der Waals surface area contributed by atoms with Gasteiger partial charge >= 0.3 is 0 Å². The average molecular weight is 361 g/mol. The first-order valence-corrected chi connectivity index (χ1v) is 7.71. The van der Waals surface area contributed by atoms with Gasteiger partial charge in [-0.25, -0.2) is 4.39 Å². The Morgan fingerprint density at radius 3 is 2.71 bits per heavy atom. The molecular formula is C17H11Cl2FN4. The maximum absolute atomic E-state index is 13.2. The highest BCUT2D eigenvalue weighted by Crippen LogP contribution is 2.32. The highest BCUT2D eigenvalue weighted by Gasteiger charge is 2.12. The van der Waals surface area contributed by atoms with Crippen LogP contribution in [0.4, 0.5) is 15.8 Å². The summed E-state index contributed by atoms with van der Waals surface area (Å²) in [5.41, 5.74) is 8.56. The molecule has 0 fully saturated rings. The molecule has 2 aromatic carbocycles. The number of benzene rings is 2. The van der Waals surface area contributed by atoms with Gasteiger partial charge in [0, 0.05) is 23.8 Å². The molecule has 0 atom stereocenters. The highest BCUT2D eigenvalue weighted by molar-refractivity contribution is 6.35. The summed E-state index contributed by atoms with van der Waals surface area (Å²) in [7, 11) is 0. The number of nitriles is 1. The van der Waals surface area contributed by atoms with E-state index in [-0.39, 0.29) is 5.02 Å². The molecule has 0 unspecified atom stereocenters. The zero-order chi connectivity index (χ0) is 17.3.